The molecule has 0 fully saturated rings. The minimum atomic E-state index is -0.183. The van der Waals surface area contributed by atoms with Crippen LogP contribution in [-0.4, -0.2) is 16.1 Å². The van der Waals surface area contributed by atoms with Crippen molar-refractivity contribution in [1.29, 1.82) is 0 Å². The Kier molecular flexibility index (Phi) is 3.27. The van der Waals surface area contributed by atoms with Gasteiger partial charge in [0, 0.05) is 5.69 Å². The number of aromatic nitrogens is 2. The highest BCUT2D eigenvalue weighted by molar-refractivity contribution is 7.13. The first-order chi connectivity index (χ1) is 10.8. The van der Waals surface area contributed by atoms with Gasteiger partial charge in [0.25, 0.3) is 5.91 Å². The van der Waals surface area contributed by atoms with E-state index < -0.39 is 0 Å². The number of nitrogens with zero attached hydrogens (tertiary/aromatic N) is 1. The molecule has 4 rings (SSSR count). The molecule has 1 aromatic carbocycles. The minimum Gasteiger partial charge on any atom is -0.321 e. The zero-order valence-electron chi connectivity index (χ0n) is 11.9. The molecule has 0 atom stereocenters. The van der Waals surface area contributed by atoms with E-state index in [1.807, 2.05) is 23.6 Å². The van der Waals surface area contributed by atoms with E-state index in [0.717, 1.165) is 29.1 Å². The maximum absolute atomic E-state index is 12.3. The standard InChI is InChI=1S/C17H15N3OS/c21-17(15-10-14(19-20-15)16-5-2-8-22-16)18-13-7-6-11-3-1-4-12(11)9-13/h2,5-10H,1,3-4H2,(H,18,21)(H,19,20). The lowest BCUT2D eigenvalue weighted by molar-refractivity contribution is 0.102. The summed E-state index contributed by atoms with van der Waals surface area (Å²) < 4.78 is 0. The van der Waals surface area contributed by atoms with Crippen LogP contribution in [0.15, 0.2) is 41.8 Å². The van der Waals surface area contributed by atoms with E-state index in [1.165, 1.54) is 17.5 Å². The third kappa shape index (κ3) is 2.44. The van der Waals surface area contributed by atoms with Gasteiger partial charge in [-0.2, -0.15) is 5.10 Å². The van der Waals surface area contributed by atoms with Crippen molar-refractivity contribution in [3.05, 3.63) is 58.6 Å². The van der Waals surface area contributed by atoms with Gasteiger partial charge >= 0.3 is 0 Å². The number of H-pyrrole nitrogens is 1. The van der Waals surface area contributed by atoms with Crippen LogP contribution >= 0.6 is 11.3 Å². The molecule has 0 saturated heterocycles. The lowest BCUT2D eigenvalue weighted by Gasteiger charge is -2.05. The number of carbonyl (C=O) groups is 1. The number of aryl methyl sites for hydroxylation is 2. The molecule has 1 aliphatic rings. The topological polar surface area (TPSA) is 57.8 Å². The summed E-state index contributed by atoms with van der Waals surface area (Å²) in [7, 11) is 0. The minimum absolute atomic E-state index is 0.183. The molecule has 0 saturated carbocycles. The number of hydrogen-bond acceptors (Lipinski definition) is 3. The molecule has 0 aliphatic heterocycles. The molecular formula is C17H15N3OS. The highest BCUT2D eigenvalue weighted by Crippen LogP contribution is 2.26. The number of hydrogen-bond donors (Lipinski definition) is 2. The summed E-state index contributed by atoms with van der Waals surface area (Å²) in [6.45, 7) is 0. The maximum atomic E-state index is 12.3. The lowest BCUT2D eigenvalue weighted by atomic mass is 10.1. The van der Waals surface area contributed by atoms with Crippen LogP contribution in [0.5, 0.6) is 0 Å². The largest absolute Gasteiger partial charge is 0.321 e. The smallest absolute Gasteiger partial charge is 0.276 e. The fourth-order valence-electron chi connectivity index (χ4n) is 2.84. The first-order valence-electron chi connectivity index (χ1n) is 7.32. The summed E-state index contributed by atoms with van der Waals surface area (Å²) in [5.74, 6) is -0.183. The van der Waals surface area contributed by atoms with Crippen LogP contribution in [0, 0.1) is 0 Å². The molecule has 0 unspecified atom stereocenters. The predicted molar refractivity (Wildman–Crippen MR) is 88.3 cm³/mol. The highest BCUT2D eigenvalue weighted by atomic mass is 32.1. The Balaban J connectivity index is 1.53. The molecule has 5 heteroatoms. The molecule has 2 heterocycles. The molecule has 0 spiro atoms. The second-order valence-corrected chi connectivity index (χ2v) is 6.38. The molecule has 0 bridgehead atoms. The fourth-order valence-corrected chi connectivity index (χ4v) is 3.53. The number of rotatable bonds is 3. The van der Waals surface area contributed by atoms with Gasteiger partial charge in [0.2, 0.25) is 0 Å². The second-order valence-electron chi connectivity index (χ2n) is 5.44. The van der Waals surface area contributed by atoms with Crippen molar-refractivity contribution in [3.8, 4) is 10.6 Å². The van der Waals surface area contributed by atoms with Gasteiger partial charge in [0.15, 0.2) is 5.69 Å². The molecule has 0 radical (unpaired) electrons. The first-order valence-corrected chi connectivity index (χ1v) is 8.20. The summed E-state index contributed by atoms with van der Waals surface area (Å²) in [5.41, 5.74) is 4.86. The van der Waals surface area contributed by atoms with Crippen LogP contribution in [0.1, 0.15) is 28.0 Å². The van der Waals surface area contributed by atoms with Crippen molar-refractivity contribution in [2.24, 2.45) is 0 Å². The second kappa shape index (κ2) is 5.42. The van der Waals surface area contributed by atoms with Crippen LogP contribution in [0.2, 0.25) is 0 Å². The van der Waals surface area contributed by atoms with Crippen LogP contribution in [0.4, 0.5) is 5.69 Å². The van der Waals surface area contributed by atoms with Gasteiger partial charge in [0.1, 0.15) is 0 Å². The van der Waals surface area contributed by atoms with Crippen molar-refractivity contribution in [2.45, 2.75) is 19.3 Å². The van der Waals surface area contributed by atoms with Crippen LogP contribution in [0.25, 0.3) is 10.6 Å². The van der Waals surface area contributed by atoms with Gasteiger partial charge in [-0.15, -0.1) is 11.3 Å². The molecule has 2 N–H and O–H groups in total. The van der Waals surface area contributed by atoms with Crippen LogP contribution in [-0.2, 0) is 12.8 Å². The number of fused-ring (bicyclic) bond motifs is 1. The van der Waals surface area contributed by atoms with Crippen molar-refractivity contribution in [1.82, 2.24) is 10.2 Å². The quantitative estimate of drug-likeness (QED) is 0.771. The van der Waals surface area contributed by atoms with E-state index in [-0.39, 0.29) is 5.91 Å². The molecule has 110 valence electrons. The van der Waals surface area contributed by atoms with Gasteiger partial charge in [0.05, 0.1) is 10.6 Å². The molecule has 4 nitrogen and oxygen atoms in total. The molecule has 3 aromatic rings. The Bertz CT molecular complexity index is 820. The zero-order valence-corrected chi connectivity index (χ0v) is 12.7. The monoisotopic (exact) mass is 309 g/mol. The van der Waals surface area contributed by atoms with Crippen molar-refractivity contribution in [2.75, 3.05) is 5.32 Å². The molecule has 22 heavy (non-hydrogen) atoms. The Morgan fingerprint density at radius 1 is 1.18 bits per heavy atom. The third-order valence-electron chi connectivity index (χ3n) is 3.95. The van der Waals surface area contributed by atoms with Gasteiger partial charge in [-0.3, -0.25) is 9.89 Å². The van der Waals surface area contributed by atoms with E-state index in [1.54, 1.807) is 17.4 Å². The molecule has 1 amide bonds. The van der Waals surface area contributed by atoms with Crippen LogP contribution < -0.4 is 5.32 Å². The summed E-state index contributed by atoms with van der Waals surface area (Å²) in [4.78, 5) is 13.4. The number of aromatic amines is 1. The average molecular weight is 309 g/mol. The molecular weight excluding hydrogens is 294 g/mol. The lowest BCUT2D eigenvalue weighted by Crippen LogP contribution is -2.12. The Morgan fingerprint density at radius 3 is 2.95 bits per heavy atom. The van der Waals surface area contributed by atoms with E-state index >= 15 is 0 Å². The van der Waals surface area contributed by atoms with Crippen LogP contribution in [0.3, 0.4) is 0 Å². The SMILES string of the molecule is O=C(Nc1ccc2c(c1)CCC2)c1cc(-c2cccs2)[nH]n1. The van der Waals surface area contributed by atoms with Gasteiger partial charge in [-0.1, -0.05) is 12.1 Å². The van der Waals surface area contributed by atoms with Crippen molar-refractivity contribution < 1.29 is 4.79 Å². The maximum Gasteiger partial charge on any atom is 0.276 e. The summed E-state index contributed by atoms with van der Waals surface area (Å²) in [6.07, 6.45) is 3.45. The Morgan fingerprint density at radius 2 is 2.09 bits per heavy atom. The van der Waals surface area contributed by atoms with Gasteiger partial charge in [-0.05, 0) is 60.0 Å². The first kappa shape index (κ1) is 13.3. The van der Waals surface area contributed by atoms with Crippen molar-refractivity contribution in [3.63, 3.8) is 0 Å². The average Bonchev–Trinajstić information content (AvgIpc) is 3.26. The van der Waals surface area contributed by atoms with E-state index in [4.69, 9.17) is 0 Å². The van der Waals surface area contributed by atoms with Crippen molar-refractivity contribution >= 4 is 22.9 Å². The predicted octanol–water partition coefficient (Wildman–Crippen LogP) is 3.88. The van der Waals surface area contributed by atoms with Gasteiger partial charge < -0.3 is 5.32 Å². The fraction of sp³-hybridized carbons (Fsp3) is 0.176. The number of amides is 1. The summed E-state index contributed by atoms with van der Waals surface area (Å²) >= 11 is 1.62. The highest BCUT2D eigenvalue weighted by Gasteiger charge is 2.14. The van der Waals surface area contributed by atoms with E-state index in [9.17, 15) is 4.79 Å². The molecule has 1 aliphatic carbocycles. The third-order valence-corrected chi connectivity index (χ3v) is 4.86. The number of benzene rings is 1. The van der Waals surface area contributed by atoms with E-state index in [2.05, 4.69) is 27.6 Å². The normalized spacial score (nSPS) is 13.1. The zero-order chi connectivity index (χ0) is 14.9. The Labute approximate surface area is 132 Å². The number of nitrogens with one attached hydrogen (secondary N) is 2. The number of carbonyl (C=O) groups excluding carboxylic acids is 1. The van der Waals surface area contributed by atoms with Gasteiger partial charge in [-0.25, -0.2) is 0 Å². The summed E-state index contributed by atoms with van der Waals surface area (Å²) in [6, 6.07) is 11.9. The number of thiophene rings is 1. The number of anilines is 1. The van der Waals surface area contributed by atoms with E-state index in [0.29, 0.717) is 5.69 Å². The Hall–Kier alpha value is -2.40. The summed E-state index contributed by atoms with van der Waals surface area (Å²) in [5, 5.41) is 12.0. The molecule has 2 aromatic heterocycles.